The summed E-state index contributed by atoms with van der Waals surface area (Å²) in [6.07, 6.45) is 23.1. The normalized spacial score (nSPS) is 13.1. The highest BCUT2D eigenvalue weighted by Crippen LogP contribution is 2.09. The number of nitrogens with one attached hydrogen (secondary N) is 1. The molecular formula is C23H44N2O. The van der Waals surface area contributed by atoms with Gasteiger partial charge in [-0.25, -0.2) is 0 Å². The van der Waals surface area contributed by atoms with Crippen molar-refractivity contribution in [2.45, 2.75) is 104 Å². The minimum atomic E-state index is 0.112. The molecule has 0 saturated carbocycles. The first-order valence-electron chi connectivity index (χ1n) is 10.9. The van der Waals surface area contributed by atoms with Crippen LogP contribution < -0.4 is 11.1 Å². The smallest absolute Gasteiger partial charge is 0.220 e. The summed E-state index contributed by atoms with van der Waals surface area (Å²) in [5.41, 5.74) is 5.68. The Labute approximate surface area is 162 Å². The lowest BCUT2D eigenvalue weighted by Crippen LogP contribution is -2.43. The zero-order valence-corrected chi connectivity index (χ0v) is 17.6. The molecule has 0 aromatic rings. The topological polar surface area (TPSA) is 55.1 Å². The van der Waals surface area contributed by atoms with Gasteiger partial charge in [0.1, 0.15) is 0 Å². The molecule has 0 spiro atoms. The van der Waals surface area contributed by atoms with Crippen molar-refractivity contribution in [1.82, 2.24) is 5.32 Å². The Morgan fingerprint density at radius 3 is 2.04 bits per heavy atom. The van der Waals surface area contributed by atoms with Crippen molar-refractivity contribution < 1.29 is 4.79 Å². The highest BCUT2D eigenvalue weighted by atomic mass is 16.1. The Morgan fingerprint density at radius 2 is 1.46 bits per heavy atom. The molecule has 3 N–H and O–H groups in total. The van der Waals surface area contributed by atoms with Crippen molar-refractivity contribution in [2.24, 2.45) is 11.7 Å². The molecule has 0 saturated heterocycles. The third kappa shape index (κ3) is 16.4. The molecule has 0 aromatic carbocycles. The zero-order chi connectivity index (χ0) is 19.5. The van der Waals surface area contributed by atoms with Gasteiger partial charge in [-0.05, 0) is 44.4 Å². The lowest BCUT2D eigenvalue weighted by atomic mass is 10.0. The van der Waals surface area contributed by atoms with Gasteiger partial charge in [-0.15, -0.1) is 0 Å². The van der Waals surface area contributed by atoms with Crippen molar-refractivity contribution in [2.75, 3.05) is 6.54 Å². The molecular weight excluding hydrogens is 320 g/mol. The van der Waals surface area contributed by atoms with Crippen LogP contribution in [-0.4, -0.2) is 18.5 Å². The number of amides is 1. The highest BCUT2D eigenvalue weighted by molar-refractivity contribution is 5.76. The van der Waals surface area contributed by atoms with Crippen LogP contribution in [0.15, 0.2) is 24.3 Å². The van der Waals surface area contributed by atoms with Crippen molar-refractivity contribution in [3.8, 4) is 0 Å². The number of rotatable bonds is 17. The van der Waals surface area contributed by atoms with Crippen molar-refractivity contribution in [3.05, 3.63) is 24.3 Å². The average molecular weight is 365 g/mol. The molecule has 0 aromatic heterocycles. The molecule has 0 radical (unpaired) electrons. The molecule has 0 bridgehead atoms. The summed E-state index contributed by atoms with van der Waals surface area (Å²) in [6.45, 7) is 6.95. The van der Waals surface area contributed by atoms with Gasteiger partial charge in [0.25, 0.3) is 0 Å². The van der Waals surface area contributed by atoms with E-state index in [9.17, 15) is 4.79 Å². The van der Waals surface area contributed by atoms with Crippen LogP contribution >= 0.6 is 0 Å². The molecule has 0 aliphatic heterocycles. The summed E-state index contributed by atoms with van der Waals surface area (Å²) >= 11 is 0. The highest BCUT2D eigenvalue weighted by Gasteiger charge is 2.13. The SMILES string of the molecule is CCCCC/C=C\C/C=C\CCCCCCCC(=O)N[C@H](CN)C(C)C. The first-order valence-corrected chi connectivity index (χ1v) is 10.9. The third-order valence-electron chi connectivity index (χ3n) is 4.76. The molecule has 26 heavy (non-hydrogen) atoms. The summed E-state index contributed by atoms with van der Waals surface area (Å²) in [7, 11) is 0. The van der Waals surface area contributed by atoms with E-state index < -0.39 is 0 Å². The molecule has 152 valence electrons. The second kappa shape index (κ2) is 18.7. The largest absolute Gasteiger partial charge is 0.352 e. The Balaban J connectivity index is 3.43. The maximum absolute atomic E-state index is 11.9. The predicted molar refractivity (Wildman–Crippen MR) is 115 cm³/mol. The summed E-state index contributed by atoms with van der Waals surface area (Å²) in [6, 6.07) is 0.112. The minimum absolute atomic E-state index is 0.112. The summed E-state index contributed by atoms with van der Waals surface area (Å²) < 4.78 is 0. The van der Waals surface area contributed by atoms with Crippen molar-refractivity contribution in [3.63, 3.8) is 0 Å². The van der Waals surface area contributed by atoms with Crippen LogP contribution in [0, 0.1) is 5.92 Å². The first kappa shape index (κ1) is 24.9. The Bertz CT molecular complexity index is 374. The molecule has 0 rings (SSSR count). The van der Waals surface area contributed by atoms with Crippen LogP contribution in [-0.2, 0) is 4.79 Å². The number of hydrogen-bond acceptors (Lipinski definition) is 2. The zero-order valence-electron chi connectivity index (χ0n) is 17.6. The van der Waals surface area contributed by atoms with E-state index in [2.05, 4.69) is 50.4 Å². The van der Waals surface area contributed by atoms with Gasteiger partial charge in [-0.1, -0.05) is 77.2 Å². The van der Waals surface area contributed by atoms with Crippen LogP contribution in [0.3, 0.4) is 0 Å². The summed E-state index contributed by atoms with van der Waals surface area (Å²) in [5, 5.41) is 3.04. The molecule has 3 heteroatoms. The quantitative estimate of drug-likeness (QED) is 0.249. The fourth-order valence-electron chi connectivity index (χ4n) is 2.87. The fourth-order valence-corrected chi connectivity index (χ4v) is 2.87. The number of allylic oxidation sites excluding steroid dienone is 4. The van der Waals surface area contributed by atoms with Crippen LogP contribution in [0.25, 0.3) is 0 Å². The van der Waals surface area contributed by atoms with Gasteiger partial charge in [0.05, 0.1) is 0 Å². The van der Waals surface area contributed by atoms with E-state index in [0.29, 0.717) is 18.9 Å². The predicted octanol–water partition coefficient (Wildman–Crippen LogP) is 5.90. The molecule has 0 fully saturated rings. The van der Waals surface area contributed by atoms with Gasteiger partial charge in [-0.3, -0.25) is 4.79 Å². The Morgan fingerprint density at radius 1 is 0.885 bits per heavy atom. The number of nitrogens with two attached hydrogens (primary N) is 1. The summed E-state index contributed by atoms with van der Waals surface area (Å²) in [4.78, 5) is 11.9. The van der Waals surface area contributed by atoms with Gasteiger partial charge in [-0.2, -0.15) is 0 Å². The van der Waals surface area contributed by atoms with Gasteiger partial charge in [0, 0.05) is 19.0 Å². The molecule has 0 unspecified atom stereocenters. The fraction of sp³-hybridized carbons (Fsp3) is 0.783. The van der Waals surface area contributed by atoms with Crippen molar-refractivity contribution in [1.29, 1.82) is 0 Å². The number of carbonyl (C=O) groups is 1. The van der Waals surface area contributed by atoms with Gasteiger partial charge in [0.15, 0.2) is 0 Å². The number of unbranched alkanes of at least 4 members (excludes halogenated alkanes) is 8. The van der Waals surface area contributed by atoms with Crippen LogP contribution in [0.5, 0.6) is 0 Å². The van der Waals surface area contributed by atoms with Crippen LogP contribution in [0.4, 0.5) is 0 Å². The van der Waals surface area contributed by atoms with E-state index in [-0.39, 0.29) is 11.9 Å². The summed E-state index contributed by atoms with van der Waals surface area (Å²) in [5.74, 6) is 0.549. The molecule has 1 atom stereocenters. The Hall–Kier alpha value is -1.09. The van der Waals surface area contributed by atoms with E-state index >= 15 is 0 Å². The minimum Gasteiger partial charge on any atom is -0.352 e. The molecule has 1 amide bonds. The van der Waals surface area contributed by atoms with E-state index in [4.69, 9.17) is 5.73 Å². The lowest BCUT2D eigenvalue weighted by Gasteiger charge is -2.20. The second-order valence-electron chi connectivity index (χ2n) is 7.63. The van der Waals surface area contributed by atoms with Crippen LogP contribution in [0.1, 0.15) is 97.8 Å². The van der Waals surface area contributed by atoms with E-state index in [1.165, 1.54) is 51.4 Å². The molecule has 3 nitrogen and oxygen atoms in total. The first-order chi connectivity index (χ1) is 12.6. The Kier molecular flexibility index (Phi) is 17.9. The molecule has 0 aliphatic carbocycles. The molecule has 0 heterocycles. The van der Waals surface area contributed by atoms with Gasteiger partial charge in [0.2, 0.25) is 5.91 Å². The van der Waals surface area contributed by atoms with Crippen LogP contribution in [0.2, 0.25) is 0 Å². The maximum atomic E-state index is 11.9. The number of hydrogen-bond donors (Lipinski definition) is 2. The monoisotopic (exact) mass is 364 g/mol. The lowest BCUT2D eigenvalue weighted by molar-refractivity contribution is -0.122. The molecule has 0 aliphatic rings. The second-order valence-corrected chi connectivity index (χ2v) is 7.63. The standard InChI is InChI=1S/C23H44N2O/c1-4-5-6-7-8-9-10-11-12-13-14-15-16-17-18-19-23(26)25-22(20-24)21(2)3/h8-9,11-12,21-22H,4-7,10,13-20,24H2,1-3H3,(H,25,26)/b9-8-,12-11-/t22-/m1/s1. The van der Waals surface area contributed by atoms with E-state index in [1.54, 1.807) is 0 Å². The number of carbonyl (C=O) groups excluding carboxylic acids is 1. The van der Waals surface area contributed by atoms with Gasteiger partial charge < -0.3 is 11.1 Å². The van der Waals surface area contributed by atoms with E-state index in [0.717, 1.165) is 19.3 Å². The maximum Gasteiger partial charge on any atom is 0.220 e. The van der Waals surface area contributed by atoms with E-state index in [1.807, 2.05) is 0 Å². The van der Waals surface area contributed by atoms with Crippen molar-refractivity contribution >= 4 is 5.91 Å². The third-order valence-corrected chi connectivity index (χ3v) is 4.76. The van der Waals surface area contributed by atoms with Gasteiger partial charge >= 0.3 is 0 Å². The average Bonchev–Trinajstić information content (AvgIpc) is 2.62.